The van der Waals surface area contributed by atoms with Gasteiger partial charge in [0.05, 0.1) is 5.52 Å². The standard InChI is InChI=1S/C19H16Cl2N4O3/c1-10-3-5-13(9-14(10)21)23-17(26)16-8-11-7-12(20)4-6-15(11)25(16)24-19(28)18(27)22-2/h3-9H,1-2H3,(H,22,27)(H,23,26)(H,24,28). The lowest BCUT2D eigenvalue weighted by Gasteiger charge is -2.12. The van der Waals surface area contributed by atoms with E-state index in [1.54, 1.807) is 42.5 Å². The number of rotatable bonds is 3. The molecule has 0 fully saturated rings. The first-order valence-electron chi connectivity index (χ1n) is 8.21. The Morgan fingerprint density at radius 2 is 1.71 bits per heavy atom. The molecule has 0 aliphatic rings. The van der Waals surface area contributed by atoms with Crippen LogP contribution >= 0.6 is 23.2 Å². The Morgan fingerprint density at radius 1 is 0.964 bits per heavy atom. The van der Waals surface area contributed by atoms with E-state index in [1.807, 2.05) is 6.92 Å². The van der Waals surface area contributed by atoms with Gasteiger partial charge >= 0.3 is 11.8 Å². The van der Waals surface area contributed by atoms with Crippen molar-refractivity contribution in [1.82, 2.24) is 9.99 Å². The molecule has 0 saturated carbocycles. The van der Waals surface area contributed by atoms with Gasteiger partial charge in [-0.05, 0) is 48.9 Å². The zero-order chi connectivity index (χ0) is 20.4. The van der Waals surface area contributed by atoms with E-state index >= 15 is 0 Å². The van der Waals surface area contributed by atoms with E-state index in [-0.39, 0.29) is 5.69 Å². The molecule has 0 aliphatic heterocycles. The normalized spacial score (nSPS) is 10.6. The van der Waals surface area contributed by atoms with E-state index in [1.165, 1.54) is 11.7 Å². The minimum Gasteiger partial charge on any atom is -0.351 e. The minimum atomic E-state index is -0.914. The maximum Gasteiger partial charge on any atom is 0.328 e. The lowest BCUT2D eigenvalue weighted by molar-refractivity contribution is -0.136. The molecule has 28 heavy (non-hydrogen) atoms. The zero-order valence-corrected chi connectivity index (χ0v) is 16.5. The first kappa shape index (κ1) is 19.7. The first-order valence-corrected chi connectivity index (χ1v) is 8.97. The highest BCUT2D eigenvalue weighted by Gasteiger charge is 2.20. The van der Waals surface area contributed by atoms with Crippen LogP contribution in [0.1, 0.15) is 16.1 Å². The van der Waals surface area contributed by atoms with Gasteiger partial charge in [-0.2, -0.15) is 0 Å². The van der Waals surface area contributed by atoms with Crippen LogP contribution in [0.15, 0.2) is 42.5 Å². The highest BCUT2D eigenvalue weighted by Crippen LogP contribution is 2.25. The second kappa shape index (κ2) is 7.92. The summed E-state index contributed by atoms with van der Waals surface area (Å²) < 4.78 is 1.24. The van der Waals surface area contributed by atoms with Gasteiger partial charge < -0.3 is 10.6 Å². The Balaban J connectivity index is 2.01. The Labute approximate surface area is 170 Å². The van der Waals surface area contributed by atoms with Crippen LogP contribution in [0.3, 0.4) is 0 Å². The molecule has 0 radical (unpaired) electrons. The fourth-order valence-electron chi connectivity index (χ4n) is 2.61. The predicted molar refractivity (Wildman–Crippen MR) is 110 cm³/mol. The van der Waals surface area contributed by atoms with Crippen molar-refractivity contribution in [2.75, 3.05) is 17.8 Å². The number of hydrogen-bond donors (Lipinski definition) is 3. The molecule has 3 N–H and O–H groups in total. The summed E-state index contributed by atoms with van der Waals surface area (Å²) in [4.78, 5) is 36.5. The number of likely N-dealkylation sites (N-methyl/N-ethyl adjacent to an activating group) is 1. The Bertz CT molecular complexity index is 1110. The number of anilines is 1. The van der Waals surface area contributed by atoms with Gasteiger partial charge in [0, 0.05) is 28.2 Å². The second-order valence-corrected chi connectivity index (χ2v) is 6.85. The minimum absolute atomic E-state index is 0.117. The molecular formula is C19H16Cl2N4O3. The van der Waals surface area contributed by atoms with Crippen LogP contribution in [-0.2, 0) is 9.59 Å². The molecule has 7 nitrogen and oxygen atoms in total. The third-order valence-electron chi connectivity index (χ3n) is 4.07. The van der Waals surface area contributed by atoms with Gasteiger partial charge in [0.1, 0.15) is 5.69 Å². The zero-order valence-electron chi connectivity index (χ0n) is 15.0. The fraction of sp³-hybridized carbons (Fsp3) is 0.105. The van der Waals surface area contributed by atoms with Crippen LogP contribution < -0.4 is 16.1 Å². The summed E-state index contributed by atoms with van der Waals surface area (Å²) in [6, 6.07) is 11.6. The molecule has 144 valence electrons. The second-order valence-electron chi connectivity index (χ2n) is 6.01. The highest BCUT2D eigenvalue weighted by atomic mass is 35.5. The maximum absolute atomic E-state index is 12.8. The number of benzene rings is 2. The van der Waals surface area contributed by atoms with Crippen LogP contribution in [0.5, 0.6) is 0 Å². The average molecular weight is 419 g/mol. The van der Waals surface area contributed by atoms with Crippen LogP contribution in [-0.4, -0.2) is 29.4 Å². The molecule has 0 spiro atoms. The Hall–Kier alpha value is -3.03. The van der Waals surface area contributed by atoms with Crippen molar-refractivity contribution in [3.63, 3.8) is 0 Å². The summed E-state index contributed by atoms with van der Waals surface area (Å²) >= 11 is 12.1. The predicted octanol–water partition coefficient (Wildman–Crippen LogP) is 3.32. The molecule has 0 atom stereocenters. The summed E-state index contributed by atoms with van der Waals surface area (Å²) in [6.07, 6.45) is 0. The molecule has 1 aromatic heterocycles. The molecule has 3 amide bonds. The van der Waals surface area contributed by atoms with Crippen molar-refractivity contribution in [3.05, 3.63) is 63.8 Å². The SMILES string of the molecule is CNC(=O)C(=O)Nn1c(C(=O)Nc2ccc(C)c(Cl)c2)cc2cc(Cl)ccc21. The van der Waals surface area contributed by atoms with Crippen LogP contribution in [0, 0.1) is 6.92 Å². The quantitative estimate of drug-likeness (QED) is 0.569. The molecule has 0 aliphatic carbocycles. The molecular weight excluding hydrogens is 403 g/mol. The van der Waals surface area contributed by atoms with E-state index in [4.69, 9.17) is 23.2 Å². The van der Waals surface area contributed by atoms with Gasteiger partial charge in [0.15, 0.2) is 0 Å². The van der Waals surface area contributed by atoms with Gasteiger partial charge in [-0.3, -0.25) is 19.8 Å². The van der Waals surface area contributed by atoms with Gasteiger partial charge in [0.2, 0.25) is 0 Å². The first-order chi connectivity index (χ1) is 13.3. The molecule has 1 heterocycles. The van der Waals surface area contributed by atoms with Gasteiger partial charge in [-0.1, -0.05) is 29.3 Å². The highest BCUT2D eigenvalue weighted by molar-refractivity contribution is 6.38. The number of carbonyl (C=O) groups is 3. The van der Waals surface area contributed by atoms with E-state index in [0.29, 0.717) is 26.6 Å². The lowest BCUT2D eigenvalue weighted by Crippen LogP contribution is -2.38. The number of nitrogens with one attached hydrogen (secondary N) is 3. The monoisotopic (exact) mass is 418 g/mol. The summed E-state index contributed by atoms with van der Waals surface area (Å²) in [5, 5.41) is 6.57. The lowest BCUT2D eigenvalue weighted by atomic mass is 10.2. The third-order valence-corrected chi connectivity index (χ3v) is 4.71. The van der Waals surface area contributed by atoms with Crippen molar-refractivity contribution in [1.29, 1.82) is 0 Å². The molecule has 0 bridgehead atoms. The summed E-state index contributed by atoms with van der Waals surface area (Å²) in [5.41, 5.74) is 4.42. The molecule has 3 rings (SSSR count). The molecule has 2 aromatic carbocycles. The Morgan fingerprint density at radius 3 is 2.39 bits per heavy atom. The summed E-state index contributed by atoms with van der Waals surface area (Å²) in [6.45, 7) is 1.85. The largest absolute Gasteiger partial charge is 0.351 e. The number of fused-ring (bicyclic) bond motifs is 1. The van der Waals surface area contributed by atoms with Gasteiger partial charge in [0.25, 0.3) is 5.91 Å². The van der Waals surface area contributed by atoms with Crippen molar-refractivity contribution < 1.29 is 14.4 Å². The average Bonchev–Trinajstić information content (AvgIpc) is 3.01. The smallest absolute Gasteiger partial charge is 0.328 e. The van der Waals surface area contributed by atoms with Crippen molar-refractivity contribution in [2.24, 2.45) is 0 Å². The van der Waals surface area contributed by atoms with Crippen molar-refractivity contribution in [2.45, 2.75) is 6.92 Å². The molecule has 3 aromatic rings. The van der Waals surface area contributed by atoms with Crippen molar-refractivity contribution >= 4 is 57.5 Å². The number of hydrogen-bond acceptors (Lipinski definition) is 3. The maximum atomic E-state index is 12.8. The number of halogens is 2. The van der Waals surface area contributed by atoms with E-state index in [0.717, 1.165) is 5.56 Å². The fourth-order valence-corrected chi connectivity index (χ4v) is 2.97. The van der Waals surface area contributed by atoms with Gasteiger partial charge in [-0.15, -0.1) is 0 Å². The van der Waals surface area contributed by atoms with E-state index in [9.17, 15) is 14.4 Å². The molecule has 0 unspecified atom stereocenters. The van der Waals surface area contributed by atoms with Gasteiger partial charge in [-0.25, -0.2) is 4.68 Å². The van der Waals surface area contributed by atoms with Crippen LogP contribution in [0.2, 0.25) is 10.0 Å². The third kappa shape index (κ3) is 3.95. The Kier molecular flexibility index (Phi) is 5.58. The van der Waals surface area contributed by atoms with E-state index < -0.39 is 17.7 Å². The van der Waals surface area contributed by atoms with Crippen molar-refractivity contribution in [3.8, 4) is 0 Å². The van der Waals surface area contributed by atoms with Crippen LogP contribution in [0.4, 0.5) is 5.69 Å². The number of nitrogens with zero attached hydrogens (tertiary/aromatic N) is 1. The number of aromatic nitrogens is 1. The number of aryl methyl sites for hydroxylation is 1. The molecule has 9 heteroatoms. The summed E-state index contributed by atoms with van der Waals surface area (Å²) in [5.74, 6) is -2.25. The van der Waals surface area contributed by atoms with E-state index in [2.05, 4.69) is 16.1 Å². The molecule has 0 saturated heterocycles. The van der Waals surface area contributed by atoms with Crippen LogP contribution in [0.25, 0.3) is 10.9 Å². The summed E-state index contributed by atoms with van der Waals surface area (Å²) in [7, 11) is 1.34. The number of carbonyl (C=O) groups excluding carboxylic acids is 3. The number of amides is 3. The topological polar surface area (TPSA) is 92.2 Å².